The third-order valence-electron chi connectivity index (χ3n) is 2.26. The van der Waals surface area contributed by atoms with Gasteiger partial charge in [0.2, 0.25) is 0 Å². The van der Waals surface area contributed by atoms with Gasteiger partial charge in [-0.25, -0.2) is 0 Å². The predicted octanol–water partition coefficient (Wildman–Crippen LogP) is 3.53. The van der Waals surface area contributed by atoms with Gasteiger partial charge in [0, 0.05) is 17.3 Å². The first-order chi connectivity index (χ1) is 7.95. The quantitative estimate of drug-likeness (QED) is 0.478. The predicted molar refractivity (Wildman–Crippen MR) is 70.4 cm³/mol. The van der Waals surface area contributed by atoms with Crippen LogP contribution in [0.3, 0.4) is 0 Å². The van der Waals surface area contributed by atoms with Crippen molar-refractivity contribution in [3.05, 3.63) is 66.2 Å². The maximum Gasteiger partial charge on any atom is 0.0468 e. The molecule has 2 rings (SSSR count). The van der Waals surface area contributed by atoms with Crippen molar-refractivity contribution in [2.45, 2.75) is 11.4 Å². The van der Waals surface area contributed by atoms with Crippen LogP contribution in [-0.4, -0.2) is 5.88 Å². The van der Waals surface area contributed by atoms with E-state index in [1.165, 1.54) is 10.5 Å². The summed E-state index contributed by atoms with van der Waals surface area (Å²) in [6, 6.07) is 20.9. The lowest BCUT2D eigenvalue weighted by molar-refractivity contribution is 0.796. The molecule has 2 aromatic rings. The SMILES string of the molecule is c1ccc(CNCSc2ccccc2)cc1. The lowest BCUT2D eigenvalue weighted by Crippen LogP contribution is -2.11. The van der Waals surface area contributed by atoms with Gasteiger partial charge in [-0.05, 0) is 17.7 Å². The normalized spacial score (nSPS) is 10.2. The van der Waals surface area contributed by atoms with E-state index in [0.29, 0.717) is 0 Å². The lowest BCUT2D eigenvalue weighted by Gasteiger charge is -2.04. The van der Waals surface area contributed by atoms with Crippen LogP contribution in [0.2, 0.25) is 0 Å². The van der Waals surface area contributed by atoms with Crippen LogP contribution in [0.4, 0.5) is 0 Å². The van der Waals surface area contributed by atoms with Gasteiger partial charge in [0.05, 0.1) is 0 Å². The second-order valence-electron chi connectivity index (χ2n) is 3.51. The fourth-order valence-electron chi connectivity index (χ4n) is 1.44. The summed E-state index contributed by atoms with van der Waals surface area (Å²) in [7, 11) is 0. The smallest absolute Gasteiger partial charge is 0.0468 e. The summed E-state index contributed by atoms with van der Waals surface area (Å²) in [6.45, 7) is 0.931. The average molecular weight is 229 g/mol. The van der Waals surface area contributed by atoms with E-state index >= 15 is 0 Å². The highest BCUT2D eigenvalue weighted by Crippen LogP contribution is 2.15. The van der Waals surface area contributed by atoms with Crippen molar-refractivity contribution < 1.29 is 0 Å². The Labute approximate surface area is 101 Å². The third kappa shape index (κ3) is 3.72. The molecule has 1 N–H and O–H groups in total. The van der Waals surface area contributed by atoms with Gasteiger partial charge in [-0.2, -0.15) is 0 Å². The molecule has 0 radical (unpaired) electrons. The van der Waals surface area contributed by atoms with E-state index in [-0.39, 0.29) is 0 Å². The molecule has 2 heteroatoms. The molecule has 0 aromatic heterocycles. The summed E-state index contributed by atoms with van der Waals surface area (Å²) in [5.74, 6) is 0.943. The van der Waals surface area contributed by atoms with Crippen LogP contribution in [0.15, 0.2) is 65.6 Å². The molecule has 0 saturated carbocycles. The van der Waals surface area contributed by atoms with Crippen LogP contribution in [-0.2, 0) is 6.54 Å². The second-order valence-corrected chi connectivity index (χ2v) is 4.56. The van der Waals surface area contributed by atoms with Gasteiger partial charge in [0.1, 0.15) is 0 Å². The van der Waals surface area contributed by atoms with Crippen molar-refractivity contribution >= 4 is 11.8 Å². The van der Waals surface area contributed by atoms with Gasteiger partial charge in [0.15, 0.2) is 0 Å². The Balaban J connectivity index is 1.70. The van der Waals surface area contributed by atoms with Gasteiger partial charge < -0.3 is 5.32 Å². The monoisotopic (exact) mass is 229 g/mol. The zero-order valence-corrected chi connectivity index (χ0v) is 9.91. The van der Waals surface area contributed by atoms with Gasteiger partial charge in [0.25, 0.3) is 0 Å². The maximum absolute atomic E-state index is 3.41. The summed E-state index contributed by atoms with van der Waals surface area (Å²) in [5, 5.41) is 3.41. The fraction of sp³-hybridized carbons (Fsp3) is 0.143. The topological polar surface area (TPSA) is 12.0 Å². The Morgan fingerprint density at radius 1 is 0.812 bits per heavy atom. The summed E-state index contributed by atoms with van der Waals surface area (Å²) in [6.07, 6.45) is 0. The number of hydrogen-bond donors (Lipinski definition) is 1. The molecule has 0 atom stereocenters. The third-order valence-corrected chi connectivity index (χ3v) is 3.21. The molecule has 0 amide bonds. The summed E-state index contributed by atoms with van der Waals surface area (Å²) < 4.78 is 0. The van der Waals surface area contributed by atoms with Gasteiger partial charge in [-0.15, -0.1) is 11.8 Å². The minimum Gasteiger partial charge on any atom is -0.303 e. The van der Waals surface area contributed by atoms with Crippen LogP contribution in [0.5, 0.6) is 0 Å². The van der Waals surface area contributed by atoms with Crippen molar-refractivity contribution in [3.8, 4) is 0 Å². The van der Waals surface area contributed by atoms with Crippen LogP contribution in [0.25, 0.3) is 0 Å². The van der Waals surface area contributed by atoms with E-state index < -0.39 is 0 Å². The Morgan fingerprint density at radius 3 is 2.12 bits per heavy atom. The van der Waals surface area contributed by atoms with Gasteiger partial charge >= 0.3 is 0 Å². The molecule has 0 heterocycles. The zero-order chi connectivity index (χ0) is 11.1. The molecule has 0 aliphatic carbocycles. The Morgan fingerprint density at radius 2 is 1.44 bits per heavy atom. The largest absolute Gasteiger partial charge is 0.303 e. The number of hydrogen-bond acceptors (Lipinski definition) is 2. The van der Waals surface area contributed by atoms with Crippen LogP contribution in [0, 0.1) is 0 Å². The van der Waals surface area contributed by atoms with Crippen molar-refractivity contribution in [3.63, 3.8) is 0 Å². The van der Waals surface area contributed by atoms with Crippen molar-refractivity contribution in [1.82, 2.24) is 5.32 Å². The molecular formula is C14H15NS. The average Bonchev–Trinajstić information content (AvgIpc) is 2.37. The number of benzene rings is 2. The molecule has 0 saturated heterocycles. The highest BCUT2D eigenvalue weighted by atomic mass is 32.2. The molecule has 16 heavy (non-hydrogen) atoms. The second kappa shape index (κ2) is 6.36. The highest BCUT2D eigenvalue weighted by molar-refractivity contribution is 7.99. The van der Waals surface area contributed by atoms with E-state index in [4.69, 9.17) is 0 Å². The number of nitrogens with one attached hydrogen (secondary N) is 1. The minimum atomic E-state index is 0.931. The summed E-state index contributed by atoms with van der Waals surface area (Å²) >= 11 is 1.83. The molecule has 82 valence electrons. The van der Waals surface area contributed by atoms with E-state index in [1.807, 2.05) is 23.9 Å². The van der Waals surface area contributed by atoms with Crippen molar-refractivity contribution in [2.75, 3.05) is 5.88 Å². The van der Waals surface area contributed by atoms with Crippen LogP contribution >= 0.6 is 11.8 Å². The molecule has 0 spiro atoms. The zero-order valence-electron chi connectivity index (χ0n) is 9.10. The Bertz CT molecular complexity index is 358. The Kier molecular flexibility index (Phi) is 4.47. The highest BCUT2D eigenvalue weighted by Gasteiger charge is 1.92. The molecular weight excluding hydrogens is 214 g/mol. The minimum absolute atomic E-state index is 0.931. The van der Waals surface area contributed by atoms with Crippen LogP contribution in [0.1, 0.15) is 5.56 Å². The summed E-state index contributed by atoms with van der Waals surface area (Å²) in [4.78, 5) is 1.31. The molecule has 0 fully saturated rings. The molecule has 2 aromatic carbocycles. The van der Waals surface area contributed by atoms with E-state index in [1.54, 1.807) is 0 Å². The summed E-state index contributed by atoms with van der Waals surface area (Å²) in [5.41, 5.74) is 1.33. The van der Waals surface area contributed by atoms with Crippen LogP contribution < -0.4 is 5.32 Å². The number of thioether (sulfide) groups is 1. The van der Waals surface area contributed by atoms with E-state index in [9.17, 15) is 0 Å². The number of rotatable bonds is 5. The molecule has 1 nitrogen and oxygen atoms in total. The molecule has 0 bridgehead atoms. The van der Waals surface area contributed by atoms with E-state index in [0.717, 1.165) is 12.4 Å². The first kappa shape index (κ1) is 11.2. The molecule has 0 aliphatic heterocycles. The first-order valence-corrected chi connectivity index (χ1v) is 6.36. The van der Waals surface area contributed by atoms with Crippen molar-refractivity contribution in [2.24, 2.45) is 0 Å². The maximum atomic E-state index is 3.41. The van der Waals surface area contributed by atoms with Gasteiger partial charge in [-0.3, -0.25) is 0 Å². The Hall–Kier alpha value is -1.25. The van der Waals surface area contributed by atoms with Crippen molar-refractivity contribution in [1.29, 1.82) is 0 Å². The standard InChI is InChI=1S/C14H15NS/c1-3-7-13(8-4-1)11-15-12-16-14-9-5-2-6-10-14/h1-10,15H,11-12H2. The van der Waals surface area contributed by atoms with Gasteiger partial charge in [-0.1, -0.05) is 48.5 Å². The molecule has 0 aliphatic rings. The lowest BCUT2D eigenvalue weighted by atomic mass is 10.2. The fourth-order valence-corrected chi connectivity index (χ4v) is 2.16. The van der Waals surface area contributed by atoms with E-state index in [2.05, 4.69) is 53.8 Å². The first-order valence-electron chi connectivity index (χ1n) is 5.37. The molecule has 0 unspecified atom stereocenters.